The summed E-state index contributed by atoms with van der Waals surface area (Å²) in [5.41, 5.74) is 2.52. The van der Waals surface area contributed by atoms with Crippen LogP contribution in [0.2, 0.25) is 0 Å². The van der Waals surface area contributed by atoms with Gasteiger partial charge in [-0.2, -0.15) is 0 Å². The van der Waals surface area contributed by atoms with Gasteiger partial charge in [-0.25, -0.2) is 9.98 Å². The molecule has 2 aromatic rings. The number of nitrogens with zero attached hydrogens (tertiary/aromatic N) is 4. The fourth-order valence-electron chi connectivity index (χ4n) is 3.42. The van der Waals surface area contributed by atoms with Gasteiger partial charge in [0.1, 0.15) is 5.76 Å². The molecule has 1 aromatic carbocycles. The van der Waals surface area contributed by atoms with Crippen molar-refractivity contribution in [3.8, 4) is 0 Å². The highest BCUT2D eigenvalue weighted by molar-refractivity contribution is 5.79. The van der Waals surface area contributed by atoms with E-state index in [0.717, 1.165) is 51.0 Å². The molecule has 0 atom stereocenters. The number of guanidine groups is 1. The molecule has 170 valence electrons. The van der Waals surface area contributed by atoms with E-state index in [0.29, 0.717) is 19.0 Å². The molecule has 1 aromatic heterocycles. The summed E-state index contributed by atoms with van der Waals surface area (Å²) in [4.78, 5) is 14.0. The molecule has 7 nitrogen and oxygen atoms in total. The smallest absolute Gasteiger partial charge is 0.213 e. The molecule has 2 heterocycles. The molecule has 0 bridgehead atoms. The van der Waals surface area contributed by atoms with Crippen molar-refractivity contribution >= 4 is 5.96 Å². The summed E-state index contributed by atoms with van der Waals surface area (Å²) in [6.07, 6.45) is 1.81. The third-order valence-corrected chi connectivity index (χ3v) is 5.49. The van der Waals surface area contributed by atoms with E-state index in [1.54, 1.807) is 0 Å². The summed E-state index contributed by atoms with van der Waals surface area (Å²) in [7, 11) is 2.19. The van der Waals surface area contributed by atoms with Gasteiger partial charge in [0.15, 0.2) is 5.96 Å². The summed E-state index contributed by atoms with van der Waals surface area (Å²) in [6, 6.07) is 8.82. The van der Waals surface area contributed by atoms with Crippen molar-refractivity contribution in [1.82, 2.24) is 25.4 Å². The maximum absolute atomic E-state index is 5.86. The van der Waals surface area contributed by atoms with Gasteiger partial charge < -0.3 is 20.0 Å². The fraction of sp³-hybridized carbons (Fsp3) is 0.583. The number of nitrogens with one attached hydrogen (secondary N) is 2. The number of aliphatic imine (C=N–C) groups is 1. The highest BCUT2D eigenvalue weighted by atomic mass is 16.4. The maximum atomic E-state index is 5.86. The van der Waals surface area contributed by atoms with Crippen LogP contribution in [0, 0.1) is 0 Å². The molecule has 1 fully saturated rings. The molecule has 2 N–H and O–H groups in total. The highest BCUT2D eigenvalue weighted by Crippen LogP contribution is 2.22. The third kappa shape index (κ3) is 7.36. The second-order valence-electron chi connectivity index (χ2n) is 9.31. The van der Waals surface area contributed by atoms with Crippen LogP contribution < -0.4 is 10.6 Å². The second-order valence-corrected chi connectivity index (χ2v) is 9.31. The lowest BCUT2D eigenvalue weighted by Crippen LogP contribution is -2.43. The number of benzene rings is 1. The van der Waals surface area contributed by atoms with Crippen LogP contribution in [0.1, 0.15) is 50.5 Å². The normalized spacial score (nSPS) is 16.5. The molecule has 0 unspecified atom stereocenters. The van der Waals surface area contributed by atoms with E-state index in [4.69, 9.17) is 9.41 Å². The SMILES string of the molecule is CCNC(=NCc1ccc(CN2CCN(C)CC2)cc1)NCc1ncc(C(C)(C)C)o1. The van der Waals surface area contributed by atoms with Crippen LogP contribution in [-0.4, -0.2) is 60.5 Å². The number of hydrogen-bond acceptors (Lipinski definition) is 5. The third-order valence-electron chi connectivity index (χ3n) is 5.49. The molecule has 1 aliphatic heterocycles. The lowest BCUT2D eigenvalue weighted by Gasteiger charge is -2.32. The van der Waals surface area contributed by atoms with Crippen molar-refractivity contribution < 1.29 is 4.42 Å². The van der Waals surface area contributed by atoms with Crippen LogP contribution in [0.25, 0.3) is 0 Å². The van der Waals surface area contributed by atoms with Crippen LogP contribution in [0.4, 0.5) is 0 Å². The number of hydrogen-bond donors (Lipinski definition) is 2. The number of rotatable bonds is 7. The van der Waals surface area contributed by atoms with Gasteiger partial charge in [0.2, 0.25) is 5.89 Å². The van der Waals surface area contributed by atoms with E-state index in [9.17, 15) is 0 Å². The lowest BCUT2D eigenvalue weighted by molar-refractivity contribution is 0.148. The van der Waals surface area contributed by atoms with E-state index in [1.165, 1.54) is 11.1 Å². The Morgan fingerprint density at radius 1 is 1.06 bits per heavy atom. The molecule has 0 aliphatic carbocycles. The number of oxazole rings is 1. The summed E-state index contributed by atoms with van der Waals surface area (Å²) < 4.78 is 5.86. The number of aromatic nitrogens is 1. The van der Waals surface area contributed by atoms with Crippen LogP contribution in [0.15, 0.2) is 39.9 Å². The van der Waals surface area contributed by atoms with Crippen molar-refractivity contribution in [1.29, 1.82) is 0 Å². The van der Waals surface area contributed by atoms with Gasteiger partial charge in [0.25, 0.3) is 0 Å². The average molecular weight is 427 g/mol. The number of likely N-dealkylation sites (N-methyl/N-ethyl adjacent to an activating group) is 1. The van der Waals surface area contributed by atoms with Crippen LogP contribution in [0.5, 0.6) is 0 Å². The van der Waals surface area contributed by atoms with Crippen LogP contribution >= 0.6 is 0 Å². The van der Waals surface area contributed by atoms with Gasteiger partial charge in [-0.1, -0.05) is 45.0 Å². The fourth-order valence-corrected chi connectivity index (χ4v) is 3.42. The predicted molar refractivity (Wildman–Crippen MR) is 126 cm³/mol. The van der Waals surface area contributed by atoms with Gasteiger partial charge >= 0.3 is 0 Å². The Morgan fingerprint density at radius 2 is 1.74 bits per heavy atom. The molecule has 0 spiro atoms. The first kappa shape index (κ1) is 23.3. The summed E-state index contributed by atoms with van der Waals surface area (Å²) in [5.74, 6) is 2.33. The Kier molecular flexibility index (Phi) is 8.09. The lowest BCUT2D eigenvalue weighted by atomic mass is 9.94. The minimum Gasteiger partial charge on any atom is -0.443 e. The molecular weight excluding hydrogens is 388 g/mol. The highest BCUT2D eigenvalue weighted by Gasteiger charge is 2.19. The summed E-state index contributed by atoms with van der Waals surface area (Å²) in [5, 5.41) is 6.60. The maximum Gasteiger partial charge on any atom is 0.213 e. The predicted octanol–water partition coefficient (Wildman–Crippen LogP) is 2.97. The topological polar surface area (TPSA) is 68.9 Å². The van der Waals surface area contributed by atoms with Gasteiger partial charge in [-0.05, 0) is 25.1 Å². The zero-order valence-electron chi connectivity index (χ0n) is 19.7. The van der Waals surface area contributed by atoms with E-state index in [1.807, 2.05) is 6.20 Å². The Morgan fingerprint density at radius 3 is 2.35 bits per heavy atom. The second kappa shape index (κ2) is 10.8. The quantitative estimate of drug-likeness (QED) is 0.524. The molecular formula is C24H38N6O. The molecule has 0 amide bonds. The average Bonchev–Trinajstić information content (AvgIpc) is 3.22. The van der Waals surface area contributed by atoms with E-state index in [-0.39, 0.29) is 5.41 Å². The van der Waals surface area contributed by atoms with Crippen LogP contribution in [0.3, 0.4) is 0 Å². The molecule has 7 heteroatoms. The standard InChI is InChI=1S/C24H38N6O/c1-6-25-23(28-17-22-26-16-21(31-22)24(2,3)4)27-15-19-7-9-20(10-8-19)18-30-13-11-29(5)12-14-30/h7-10,16H,6,11-15,17-18H2,1-5H3,(H2,25,27,28). The van der Waals surface area contributed by atoms with Crippen molar-refractivity contribution in [3.63, 3.8) is 0 Å². The molecule has 0 saturated carbocycles. The Balaban J connectivity index is 1.51. The van der Waals surface area contributed by atoms with Crippen LogP contribution in [-0.2, 0) is 25.0 Å². The Labute approximate surface area is 186 Å². The van der Waals surface area contributed by atoms with Crippen molar-refractivity contribution in [2.45, 2.75) is 52.7 Å². The monoisotopic (exact) mass is 426 g/mol. The minimum absolute atomic E-state index is 0.0413. The molecule has 31 heavy (non-hydrogen) atoms. The molecule has 1 saturated heterocycles. The van der Waals surface area contributed by atoms with Crippen molar-refractivity contribution in [2.75, 3.05) is 39.8 Å². The number of piperazine rings is 1. The summed E-state index contributed by atoms with van der Waals surface area (Å²) in [6.45, 7) is 16.0. The first-order valence-corrected chi connectivity index (χ1v) is 11.3. The molecule has 3 rings (SSSR count). The first-order valence-electron chi connectivity index (χ1n) is 11.3. The van der Waals surface area contributed by atoms with Gasteiger partial charge in [0, 0.05) is 44.7 Å². The van der Waals surface area contributed by atoms with Crippen molar-refractivity contribution in [2.24, 2.45) is 4.99 Å². The van der Waals surface area contributed by atoms with Gasteiger partial charge in [-0.15, -0.1) is 0 Å². The molecule has 1 aliphatic rings. The zero-order valence-corrected chi connectivity index (χ0v) is 19.7. The minimum atomic E-state index is -0.0413. The van der Waals surface area contributed by atoms with E-state index in [2.05, 4.69) is 84.4 Å². The van der Waals surface area contributed by atoms with E-state index >= 15 is 0 Å². The first-order chi connectivity index (χ1) is 14.8. The Hall–Kier alpha value is -2.38. The van der Waals surface area contributed by atoms with Gasteiger partial charge in [-0.3, -0.25) is 4.90 Å². The van der Waals surface area contributed by atoms with E-state index < -0.39 is 0 Å². The van der Waals surface area contributed by atoms with Crippen molar-refractivity contribution in [3.05, 3.63) is 53.2 Å². The largest absolute Gasteiger partial charge is 0.443 e. The Bertz CT molecular complexity index is 828. The van der Waals surface area contributed by atoms with Gasteiger partial charge in [0.05, 0.1) is 19.3 Å². The molecule has 0 radical (unpaired) electrons. The summed E-state index contributed by atoms with van der Waals surface area (Å²) >= 11 is 0. The zero-order chi connectivity index (χ0) is 22.3.